The molecule has 1 saturated heterocycles. The van der Waals surface area contributed by atoms with Crippen molar-refractivity contribution in [2.45, 2.75) is 63.2 Å². The fourth-order valence-corrected chi connectivity index (χ4v) is 10.0. The number of aliphatic hydroxyl groups is 1. The summed E-state index contributed by atoms with van der Waals surface area (Å²) in [6.45, 7) is 6.01. The maximum absolute atomic E-state index is 16.2. The molecule has 6 rings (SSSR count). The number of hydrogen-bond acceptors (Lipinski definition) is 7. The number of benzene rings is 3. The van der Waals surface area contributed by atoms with E-state index in [9.17, 15) is 14.7 Å². The first-order valence-electron chi connectivity index (χ1n) is 15.6. The second-order valence-corrected chi connectivity index (χ2v) is 17.5. The summed E-state index contributed by atoms with van der Waals surface area (Å²) >= 11 is 3.59. The minimum Gasteiger partial charge on any atom is -0.399 e. The van der Waals surface area contributed by atoms with Crippen LogP contribution in [0.3, 0.4) is 0 Å². The van der Waals surface area contributed by atoms with Crippen LogP contribution in [0.5, 0.6) is 0 Å². The number of halogens is 2. The summed E-state index contributed by atoms with van der Waals surface area (Å²) in [5.74, 6) is -0.883. The number of hydrogen-bond donors (Lipinski definition) is 3. The third-order valence-electron chi connectivity index (χ3n) is 9.24. The normalized spacial score (nSPS) is 22.2. The van der Waals surface area contributed by atoms with Crippen molar-refractivity contribution >= 4 is 53.2 Å². The zero-order valence-electron chi connectivity index (χ0n) is 26.5. The molecule has 1 fully saturated rings. The molecule has 1 aromatic heterocycles. The zero-order chi connectivity index (χ0) is 33.5. The molecule has 4 N–H and O–H groups in total. The summed E-state index contributed by atoms with van der Waals surface area (Å²) < 4.78 is 25.5. The van der Waals surface area contributed by atoms with Crippen LogP contribution in [-0.2, 0) is 34.6 Å². The predicted octanol–water partition coefficient (Wildman–Crippen LogP) is 5.82. The van der Waals surface area contributed by atoms with Gasteiger partial charge in [0.1, 0.15) is 0 Å². The molecule has 0 radical (unpaired) electrons. The summed E-state index contributed by atoms with van der Waals surface area (Å²) in [5.41, 5.74) is 8.64. The van der Waals surface area contributed by atoms with E-state index in [0.717, 1.165) is 21.3 Å². The van der Waals surface area contributed by atoms with Crippen LogP contribution >= 0.6 is 15.9 Å². The average molecular weight is 722 g/mol. The number of carbonyl (C=O) groups excluding carboxylic acids is 2. The van der Waals surface area contributed by atoms with Gasteiger partial charge in [-0.05, 0) is 79.7 Å². The van der Waals surface area contributed by atoms with Gasteiger partial charge in [0.25, 0.3) is 11.8 Å². The lowest BCUT2D eigenvalue weighted by Crippen LogP contribution is -2.45. The van der Waals surface area contributed by atoms with E-state index in [4.69, 9.17) is 10.5 Å². The fourth-order valence-electron chi connectivity index (χ4n) is 7.10. The van der Waals surface area contributed by atoms with Crippen molar-refractivity contribution < 1.29 is 23.5 Å². The Morgan fingerprint density at radius 2 is 1.87 bits per heavy atom. The van der Waals surface area contributed by atoms with Gasteiger partial charge in [-0.3, -0.25) is 14.3 Å². The van der Waals surface area contributed by atoms with Crippen LogP contribution in [0.4, 0.5) is 21.2 Å². The maximum atomic E-state index is 16.2. The van der Waals surface area contributed by atoms with Crippen molar-refractivity contribution in [1.29, 1.82) is 0 Å². The maximum Gasteiger partial charge on any atom is 0.264 e. The minimum absolute atomic E-state index is 0.0208. The molecule has 3 heterocycles. The van der Waals surface area contributed by atoms with Crippen molar-refractivity contribution in [2.75, 3.05) is 22.6 Å². The van der Waals surface area contributed by atoms with Crippen LogP contribution in [0.25, 0.3) is 0 Å². The number of nitrogens with zero attached hydrogens (tertiary/aromatic N) is 4. The molecular formula is C34H38BrFN6O4Si. The van der Waals surface area contributed by atoms with Gasteiger partial charge in [-0.2, -0.15) is 0 Å². The number of aromatic nitrogens is 3. The number of aryl methyl sites for hydroxylation is 1. The van der Waals surface area contributed by atoms with E-state index in [1.54, 1.807) is 65.3 Å². The van der Waals surface area contributed by atoms with Crippen LogP contribution in [0.15, 0.2) is 77.4 Å². The molecule has 0 unspecified atom stereocenters. The van der Waals surface area contributed by atoms with Crippen molar-refractivity contribution in [1.82, 2.24) is 15.0 Å². The van der Waals surface area contributed by atoms with Crippen molar-refractivity contribution in [3.8, 4) is 0 Å². The molecule has 47 heavy (non-hydrogen) atoms. The SMILES string of the molecule is C[C@@H]1[C@@H]([Si](C)(C)F)[C@H](CCn2cc(CCO)nn2)O[C@@]12C(=O)N(Cc1ccc(NC(=O)c3ccc(N)cc3)cc1)c1ccc(Br)cc12. The van der Waals surface area contributed by atoms with Gasteiger partial charge >= 0.3 is 0 Å². The summed E-state index contributed by atoms with van der Waals surface area (Å²) in [7, 11) is -3.32. The molecule has 2 aliphatic heterocycles. The van der Waals surface area contributed by atoms with E-state index >= 15 is 4.11 Å². The third-order valence-corrected chi connectivity index (χ3v) is 12.2. The van der Waals surface area contributed by atoms with Gasteiger partial charge in [0.2, 0.25) is 8.41 Å². The average Bonchev–Trinajstić information content (AvgIpc) is 3.67. The van der Waals surface area contributed by atoms with Gasteiger partial charge in [-0.15, -0.1) is 5.10 Å². The molecule has 0 aliphatic carbocycles. The summed E-state index contributed by atoms with van der Waals surface area (Å²) in [5, 5.41) is 20.4. The molecule has 10 nitrogen and oxygen atoms in total. The predicted molar refractivity (Wildman–Crippen MR) is 184 cm³/mol. The van der Waals surface area contributed by atoms with Crippen LogP contribution in [0.2, 0.25) is 18.6 Å². The van der Waals surface area contributed by atoms with E-state index in [1.165, 1.54) is 0 Å². The summed E-state index contributed by atoms with van der Waals surface area (Å²) in [6, 6.07) is 19.8. The third kappa shape index (κ3) is 6.36. The van der Waals surface area contributed by atoms with Crippen molar-refractivity contribution in [3.05, 3.63) is 99.8 Å². The Bertz CT molecular complexity index is 1780. The highest BCUT2D eigenvalue weighted by Crippen LogP contribution is 2.60. The molecule has 3 aromatic carbocycles. The zero-order valence-corrected chi connectivity index (χ0v) is 29.1. The van der Waals surface area contributed by atoms with Gasteiger partial charge in [0, 0.05) is 64.2 Å². The number of nitrogen functional groups attached to an aromatic ring is 1. The van der Waals surface area contributed by atoms with E-state index in [2.05, 4.69) is 31.6 Å². The molecule has 2 aliphatic rings. The highest BCUT2D eigenvalue weighted by Gasteiger charge is 2.66. The number of carbonyl (C=O) groups is 2. The summed E-state index contributed by atoms with van der Waals surface area (Å²) in [4.78, 5) is 29.0. The Morgan fingerprint density at radius 1 is 1.15 bits per heavy atom. The number of nitrogens with two attached hydrogens (primary N) is 1. The number of anilines is 3. The van der Waals surface area contributed by atoms with E-state index in [1.807, 2.05) is 37.3 Å². The highest BCUT2D eigenvalue weighted by molar-refractivity contribution is 9.10. The van der Waals surface area contributed by atoms with Crippen LogP contribution in [-0.4, -0.2) is 53.0 Å². The second kappa shape index (κ2) is 12.9. The van der Waals surface area contributed by atoms with Crippen molar-refractivity contribution in [3.63, 3.8) is 0 Å². The quantitative estimate of drug-likeness (QED) is 0.107. The van der Waals surface area contributed by atoms with Gasteiger partial charge in [-0.1, -0.05) is 40.2 Å². The number of rotatable bonds is 10. The highest BCUT2D eigenvalue weighted by atomic mass is 79.9. The molecule has 0 bridgehead atoms. The Balaban J connectivity index is 1.25. The lowest BCUT2D eigenvalue weighted by molar-refractivity contribution is -0.146. The van der Waals surface area contributed by atoms with Crippen LogP contribution in [0, 0.1) is 5.92 Å². The summed E-state index contributed by atoms with van der Waals surface area (Å²) in [6.07, 6.45) is 2.13. The van der Waals surface area contributed by atoms with E-state index < -0.39 is 31.6 Å². The Hall–Kier alpha value is -3.91. The first kappa shape index (κ1) is 33.0. The first-order chi connectivity index (χ1) is 22.4. The number of fused-ring (bicyclic) bond motifs is 2. The lowest BCUT2D eigenvalue weighted by atomic mass is 9.82. The fraction of sp³-hybridized carbons (Fsp3) is 0.353. The van der Waals surface area contributed by atoms with E-state index in [0.29, 0.717) is 42.0 Å². The number of ether oxygens (including phenoxy) is 1. The monoisotopic (exact) mass is 720 g/mol. The molecular weight excluding hydrogens is 683 g/mol. The molecule has 246 valence electrons. The van der Waals surface area contributed by atoms with Gasteiger partial charge in [-0.25, -0.2) is 0 Å². The van der Waals surface area contributed by atoms with Gasteiger partial charge in [0.05, 0.1) is 24.0 Å². The minimum atomic E-state index is -3.32. The standard InChI is InChI=1S/C34H38BrFN6O4Si/c1-21-31(47(2,3)36)30(14-16-41-20-27(15-17-43)39-40-41)46-34(21)28-18-24(35)8-13-29(28)42(33(34)45)19-22-4-11-26(12-5-22)38-32(44)23-6-9-25(37)10-7-23/h4-13,18,20-21,30-31,43H,14-17,19,37H2,1-3H3,(H,38,44)/t21-,30+,31-,34+/m1/s1. The largest absolute Gasteiger partial charge is 0.399 e. The Labute approximate surface area is 282 Å². The Morgan fingerprint density at radius 3 is 2.55 bits per heavy atom. The van der Waals surface area contributed by atoms with Crippen molar-refractivity contribution in [2.24, 2.45) is 5.92 Å². The lowest BCUT2D eigenvalue weighted by Gasteiger charge is -2.31. The van der Waals surface area contributed by atoms with Crippen LogP contribution in [0.1, 0.15) is 40.5 Å². The second-order valence-electron chi connectivity index (χ2n) is 12.8. The molecule has 4 aromatic rings. The van der Waals surface area contributed by atoms with E-state index in [-0.39, 0.29) is 25.0 Å². The number of amides is 2. The number of nitrogens with one attached hydrogen (secondary N) is 1. The number of aliphatic hydroxyl groups excluding tert-OH is 1. The smallest absolute Gasteiger partial charge is 0.264 e. The van der Waals surface area contributed by atoms with Gasteiger partial charge in [0.15, 0.2) is 5.60 Å². The molecule has 2 amide bonds. The van der Waals surface area contributed by atoms with Gasteiger partial charge < -0.3 is 29.9 Å². The van der Waals surface area contributed by atoms with Crippen LogP contribution < -0.4 is 16.0 Å². The molecule has 13 heteroatoms. The topological polar surface area (TPSA) is 136 Å². The molecule has 4 atom stereocenters. The Kier molecular flexibility index (Phi) is 9.09. The molecule has 0 saturated carbocycles. The first-order valence-corrected chi connectivity index (χ1v) is 19.4. The molecule has 1 spiro atoms.